The van der Waals surface area contributed by atoms with Crippen LogP contribution in [0.3, 0.4) is 0 Å². The Morgan fingerprint density at radius 3 is 2.42 bits per heavy atom. The standard InChI is InChI=1S/C12H9BrClNO3S/c13-10-1-3-11(4-2-10)19(17,18)15-6-5-9(8-15)12(16)7-14/h1-6,8H,7H2. The van der Waals surface area contributed by atoms with Crippen molar-refractivity contribution in [3.05, 3.63) is 52.8 Å². The molecule has 0 saturated heterocycles. The lowest BCUT2D eigenvalue weighted by Crippen LogP contribution is -2.11. The number of Topliss-reactive ketones (excluding diaryl/α,β-unsaturated/α-hetero) is 1. The quantitative estimate of drug-likeness (QED) is 0.621. The number of nitrogens with zero attached hydrogens (tertiary/aromatic N) is 1. The van der Waals surface area contributed by atoms with Crippen molar-refractivity contribution in [2.24, 2.45) is 0 Å². The van der Waals surface area contributed by atoms with Gasteiger partial charge in [-0.05, 0) is 30.3 Å². The molecule has 0 spiro atoms. The van der Waals surface area contributed by atoms with Crippen LogP contribution < -0.4 is 0 Å². The van der Waals surface area contributed by atoms with Crippen LogP contribution in [0, 0.1) is 0 Å². The van der Waals surface area contributed by atoms with E-state index in [-0.39, 0.29) is 22.1 Å². The van der Waals surface area contributed by atoms with Gasteiger partial charge in [0.1, 0.15) is 0 Å². The number of aromatic nitrogens is 1. The number of carbonyl (C=O) groups excluding carboxylic acids is 1. The molecule has 4 nitrogen and oxygen atoms in total. The van der Waals surface area contributed by atoms with Crippen LogP contribution in [0.5, 0.6) is 0 Å². The van der Waals surface area contributed by atoms with Gasteiger partial charge in [0.25, 0.3) is 10.0 Å². The Bertz CT molecular complexity index is 707. The van der Waals surface area contributed by atoms with Gasteiger partial charge in [-0.2, -0.15) is 0 Å². The summed E-state index contributed by atoms with van der Waals surface area (Å²) in [5.74, 6) is -0.492. The summed E-state index contributed by atoms with van der Waals surface area (Å²) in [6.45, 7) is 0. The first-order valence-corrected chi connectivity index (χ1v) is 8.00. The maximum absolute atomic E-state index is 12.3. The Morgan fingerprint density at radius 2 is 1.84 bits per heavy atom. The second-order valence-electron chi connectivity index (χ2n) is 3.75. The van der Waals surface area contributed by atoms with Gasteiger partial charge < -0.3 is 0 Å². The third-order valence-electron chi connectivity index (χ3n) is 2.50. The number of ketones is 1. The minimum Gasteiger partial charge on any atom is -0.293 e. The number of benzene rings is 1. The van der Waals surface area contributed by atoms with Gasteiger partial charge in [0.15, 0.2) is 5.78 Å². The summed E-state index contributed by atoms with van der Waals surface area (Å²) in [6, 6.07) is 7.69. The topological polar surface area (TPSA) is 56.1 Å². The molecule has 0 bridgehead atoms. The zero-order chi connectivity index (χ0) is 14.0. The first-order valence-electron chi connectivity index (χ1n) is 5.23. The maximum atomic E-state index is 12.3. The second kappa shape index (κ2) is 5.48. The van der Waals surface area contributed by atoms with Gasteiger partial charge in [0, 0.05) is 22.4 Å². The van der Waals surface area contributed by atoms with E-state index in [0.29, 0.717) is 0 Å². The van der Waals surface area contributed by atoms with Gasteiger partial charge >= 0.3 is 0 Å². The third kappa shape index (κ3) is 2.91. The Kier molecular flexibility index (Phi) is 4.13. The Labute approximate surface area is 124 Å². The molecule has 1 aromatic carbocycles. The van der Waals surface area contributed by atoms with E-state index in [9.17, 15) is 13.2 Å². The maximum Gasteiger partial charge on any atom is 0.267 e. The highest BCUT2D eigenvalue weighted by molar-refractivity contribution is 9.10. The summed E-state index contributed by atoms with van der Waals surface area (Å²) in [5, 5.41) is 0. The molecule has 19 heavy (non-hydrogen) atoms. The average molecular weight is 363 g/mol. The van der Waals surface area contributed by atoms with E-state index >= 15 is 0 Å². The highest BCUT2D eigenvalue weighted by Gasteiger charge is 2.17. The van der Waals surface area contributed by atoms with Gasteiger partial charge in [0.05, 0.1) is 10.8 Å². The molecule has 0 amide bonds. The van der Waals surface area contributed by atoms with Crippen LogP contribution in [0.4, 0.5) is 0 Å². The molecule has 7 heteroatoms. The summed E-state index contributed by atoms with van der Waals surface area (Å²) in [6.07, 6.45) is 2.60. The Hall–Kier alpha value is -1.11. The lowest BCUT2D eigenvalue weighted by molar-refractivity contribution is 0.102. The number of hydrogen-bond donors (Lipinski definition) is 0. The summed E-state index contributed by atoms with van der Waals surface area (Å²) >= 11 is 8.67. The normalized spacial score (nSPS) is 11.5. The van der Waals surface area contributed by atoms with E-state index in [1.54, 1.807) is 12.1 Å². The van der Waals surface area contributed by atoms with E-state index in [2.05, 4.69) is 15.9 Å². The second-order valence-corrected chi connectivity index (χ2v) is 6.77. The fraction of sp³-hybridized carbons (Fsp3) is 0.0833. The number of hydrogen-bond acceptors (Lipinski definition) is 3. The SMILES string of the molecule is O=C(CCl)c1ccn(S(=O)(=O)c2ccc(Br)cc2)c1. The van der Waals surface area contributed by atoms with E-state index < -0.39 is 10.0 Å². The van der Waals surface area contributed by atoms with Crippen molar-refractivity contribution in [2.45, 2.75) is 4.90 Å². The molecule has 0 N–H and O–H groups in total. The van der Waals surface area contributed by atoms with Crippen molar-refractivity contribution in [2.75, 3.05) is 5.88 Å². The first-order chi connectivity index (χ1) is 8.95. The van der Waals surface area contributed by atoms with E-state index in [1.807, 2.05) is 0 Å². The molecule has 100 valence electrons. The molecular formula is C12H9BrClNO3S. The smallest absolute Gasteiger partial charge is 0.267 e. The molecule has 2 aromatic rings. The van der Waals surface area contributed by atoms with Gasteiger partial charge in [-0.3, -0.25) is 4.79 Å². The Morgan fingerprint density at radius 1 is 1.21 bits per heavy atom. The molecule has 0 saturated carbocycles. The van der Waals surface area contributed by atoms with Crippen LogP contribution >= 0.6 is 27.5 Å². The van der Waals surface area contributed by atoms with E-state index in [1.165, 1.54) is 30.6 Å². The molecule has 0 aliphatic carbocycles. The summed E-state index contributed by atoms with van der Waals surface area (Å²) in [5.41, 5.74) is 0.274. The molecule has 1 aromatic heterocycles. The van der Waals surface area contributed by atoms with Crippen LogP contribution in [0.25, 0.3) is 0 Å². The first kappa shape index (κ1) is 14.3. The molecule has 0 aliphatic heterocycles. The third-order valence-corrected chi connectivity index (χ3v) is 4.92. The lowest BCUT2D eigenvalue weighted by Gasteiger charge is -2.05. The summed E-state index contributed by atoms with van der Waals surface area (Å²) in [4.78, 5) is 11.5. The van der Waals surface area contributed by atoms with Gasteiger partial charge in [-0.15, -0.1) is 11.6 Å². The van der Waals surface area contributed by atoms with Crippen LogP contribution in [-0.4, -0.2) is 24.1 Å². The van der Waals surface area contributed by atoms with Crippen LogP contribution in [0.2, 0.25) is 0 Å². The van der Waals surface area contributed by atoms with E-state index in [0.717, 1.165) is 8.45 Å². The molecule has 0 aliphatic rings. The number of halogens is 2. The minimum atomic E-state index is -3.68. The molecule has 0 radical (unpaired) electrons. The van der Waals surface area contributed by atoms with Crippen LogP contribution in [0.15, 0.2) is 52.1 Å². The molecule has 2 rings (SSSR count). The summed E-state index contributed by atoms with van der Waals surface area (Å²) < 4.78 is 26.3. The number of carbonyl (C=O) groups is 1. The van der Waals surface area contributed by atoms with Crippen molar-refractivity contribution in [3.8, 4) is 0 Å². The van der Waals surface area contributed by atoms with Gasteiger partial charge in [-0.25, -0.2) is 12.4 Å². The number of alkyl halides is 1. The number of rotatable bonds is 4. The molecule has 0 atom stereocenters. The van der Waals surface area contributed by atoms with Crippen LogP contribution in [0.1, 0.15) is 10.4 Å². The molecular weight excluding hydrogens is 354 g/mol. The van der Waals surface area contributed by atoms with Gasteiger partial charge in [-0.1, -0.05) is 15.9 Å². The largest absolute Gasteiger partial charge is 0.293 e. The van der Waals surface area contributed by atoms with Gasteiger partial charge in [0.2, 0.25) is 0 Å². The fourth-order valence-corrected chi connectivity index (χ4v) is 3.11. The van der Waals surface area contributed by atoms with E-state index in [4.69, 9.17) is 11.6 Å². The molecule has 1 heterocycles. The zero-order valence-corrected chi connectivity index (χ0v) is 12.7. The highest BCUT2D eigenvalue weighted by Crippen LogP contribution is 2.18. The molecule has 0 fully saturated rings. The van der Waals surface area contributed by atoms with Crippen molar-refractivity contribution < 1.29 is 13.2 Å². The van der Waals surface area contributed by atoms with Crippen molar-refractivity contribution >= 4 is 43.3 Å². The minimum absolute atomic E-state index is 0.149. The van der Waals surface area contributed by atoms with Crippen molar-refractivity contribution in [1.29, 1.82) is 0 Å². The Balaban J connectivity index is 2.42. The average Bonchev–Trinajstić information content (AvgIpc) is 2.88. The molecule has 0 unspecified atom stereocenters. The zero-order valence-electron chi connectivity index (χ0n) is 9.58. The highest BCUT2D eigenvalue weighted by atomic mass is 79.9. The predicted octanol–water partition coefficient (Wildman–Crippen LogP) is 2.91. The lowest BCUT2D eigenvalue weighted by atomic mass is 10.2. The predicted molar refractivity (Wildman–Crippen MR) is 76.2 cm³/mol. The van der Waals surface area contributed by atoms with Crippen LogP contribution in [-0.2, 0) is 10.0 Å². The van der Waals surface area contributed by atoms with Crippen molar-refractivity contribution in [1.82, 2.24) is 3.97 Å². The fourth-order valence-electron chi connectivity index (χ4n) is 1.50. The monoisotopic (exact) mass is 361 g/mol. The van der Waals surface area contributed by atoms with Crippen molar-refractivity contribution in [3.63, 3.8) is 0 Å². The summed E-state index contributed by atoms with van der Waals surface area (Å²) in [7, 11) is -3.68.